The maximum absolute atomic E-state index is 13.0. The maximum Gasteiger partial charge on any atom is 0.262 e. The zero-order valence-corrected chi connectivity index (χ0v) is 16.0. The van der Waals surface area contributed by atoms with Crippen molar-refractivity contribution in [3.8, 4) is 0 Å². The Labute approximate surface area is 163 Å². The van der Waals surface area contributed by atoms with E-state index in [0.717, 1.165) is 29.8 Å². The number of piperidine rings is 1. The van der Waals surface area contributed by atoms with Gasteiger partial charge in [0.25, 0.3) is 11.8 Å². The number of fused-ring (bicyclic) bond motifs is 1. The Morgan fingerprint density at radius 2 is 1.82 bits per heavy atom. The molecule has 1 aromatic rings. The van der Waals surface area contributed by atoms with E-state index in [9.17, 15) is 19.2 Å². The third kappa shape index (κ3) is 2.88. The predicted octanol–water partition coefficient (Wildman–Crippen LogP) is 0.665. The maximum atomic E-state index is 13.0. The first-order chi connectivity index (χ1) is 13.4. The van der Waals surface area contributed by atoms with Crippen molar-refractivity contribution >= 4 is 29.3 Å². The van der Waals surface area contributed by atoms with Gasteiger partial charge in [-0.3, -0.25) is 29.4 Å². The Morgan fingerprint density at radius 3 is 2.54 bits per heavy atom. The molecular formula is C20H24N4O4. The van der Waals surface area contributed by atoms with Gasteiger partial charge in [-0.2, -0.15) is 0 Å². The zero-order chi connectivity index (χ0) is 20.0. The van der Waals surface area contributed by atoms with Crippen LogP contribution in [-0.4, -0.2) is 60.7 Å². The van der Waals surface area contributed by atoms with Crippen LogP contribution in [0, 0.1) is 0 Å². The van der Waals surface area contributed by atoms with Crippen molar-refractivity contribution in [3.05, 3.63) is 29.3 Å². The summed E-state index contributed by atoms with van der Waals surface area (Å²) in [5.41, 5.74) is 1.50. The molecule has 1 unspecified atom stereocenters. The molecule has 0 radical (unpaired) electrons. The second-order valence-corrected chi connectivity index (χ2v) is 7.68. The average molecular weight is 384 g/mol. The highest BCUT2D eigenvalue weighted by molar-refractivity contribution is 6.23. The molecular weight excluding hydrogens is 360 g/mol. The van der Waals surface area contributed by atoms with Crippen LogP contribution < -0.4 is 15.5 Å². The van der Waals surface area contributed by atoms with Crippen LogP contribution in [0.4, 0.5) is 5.69 Å². The molecule has 0 bridgehead atoms. The monoisotopic (exact) mass is 384 g/mol. The third-order valence-electron chi connectivity index (χ3n) is 6.18. The average Bonchev–Trinajstić information content (AvgIpc) is 3.25. The minimum atomic E-state index is -0.935. The molecule has 8 nitrogen and oxygen atoms in total. The summed E-state index contributed by atoms with van der Waals surface area (Å²) >= 11 is 0. The number of likely N-dealkylation sites (N-methyl/N-ethyl adjacent to an activating group) is 2. The molecule has 2 heterocycles. The van der Waals surface area contributed by atoms with Gasteiger partial charge in [0.05, 0.1) is 11.1 Å². The SMILES string of the molecule is CN[C@@H]1CCC[C@@H]1N(C)c1ccc2c(c1)C(=O)N(C1CCC(=O)NC1=O)C2=O. The molecule has 2 fully saturated rings. The zero-order valence-electron chi connectivity index (χ0n) is 16.0. The number of rotatable bonds is 4. The van der Waals surface area contributed by atoms with Crippen LogP contribution in [0.25, 0.3) is 0 Å². The highest BCUT2D eigenvalue weighted by Gasteiger charge is 2.44. The molecule has 0 spiro atoms. The Morgan fingerprint density at radius 1 is 1.07 bits per heavy atom. The van der Waals surface area contributed by atoms with Crippen molar-refractivity contribution < 1.29 is 19.2 Å². The van der Waals surface area contributed by atoms with Crippen LogP contribution >= 0.6 is 0 Å². The van der Waals surface area contributed by atoms with Gasteiger partial charge < -0.3 is 10.2 Å². The van der Waals surface area contributed by atoms with Gasteiger partial charge in [0.1, 0.15) is 6.04 Å². The summed E-state index contributed by atoms with van der Waals surface area (Å²) in [5, 5.41) is 5.56. The molecule has 4 rings (SSSR count). The summed E-state index contributed by atoms with van der Waals surface area (Å²) in [6.07, 6.45) is 3.59. The van der Waals surface area contributed by atoms with Crippen LogP contribution in [-0.2, 0) is 9.59 Å². The number of anilines is 1. The Hall–Kier alpha value is -2.74. The van der Waals surface area contributed by atoms with Crippen LogP contribution in [0.1, 0.15) is 52.8 Å². The molecule has 28 heavy (non-hydrogen) atoms. The van der Waals surface area contributed by atoms with Crippen molar-refractivity contribution in [3.63, 3.8) is 0 Å². The van der Waals surface area contributed by atoms with E-state index < -0.39 is 23.8 Å². The molecule has 1 aromatic carbocycles. The van der Waals surface area contributed by atoms with Crippen molar-refractivity contribution in [1.29, 1.82) is 0 Å². The predicted molar refractivity (Wildman–Crippen MR) is 102 cm³/mol. The lowest BCUT2D eigenvalue weighted by Crippen LogP contribution is -2.54. The summed E-state index contributed by atoms with van der Waals surface area (Å²) < 4.78 is 0. The lowest BCUT2D eigenvalue weighted by Gasteiger charge is -2.31. The number of hydrogen-bond acceptors (Lipinski definition) is 6. The van der Waals surface area contributed by atoms with E-state index in [2.05, 4.69) is 15.5 Å². The summed E-state index contributed by atoms with van der Waals surface area (Å²) in [7, 11) is 3.96. The number of amides is 4. The van der Waals surface area contributed by atoms with Gasteiger partial charge in [0, 0.05) is 31.2 Å². The standard InChI is InChI=1S/C20H24N4O4/c1-21-14-4-3-5-15(14)23(2)11-6-7-12-13(10-11)20(28)24(19(12)27)16-8-9-17(25)22-18(16)26/h6-7,10,14-16,21H,3-5,8-9H2,1-2H3,(H,22,25,26)/t14-,15+,16?/m1/s1. The number of carbonyl (C=O) groups is 4. The third-order valence-corrected chi connectivity index (χ3v) is 6.18. The van der Waals surface area contributed by atoms with E-state index in [1.807, 2.05) is 20.2 Å². The number of carbonyl (C=O) groups excluding carboxylic acids is 4. The summed E-state index contributed by atoms with van der Waals surface area (Å²) in [5.74, 6) is -1.91. The lowest BCUT2D eigenvalue weighted by atomic mass is 10.0. The molecule has 1 aliphatic carbocycles. The molecule has 1 saturated heterocycles. The summed E-state index contributed by atoms with van der Waals surface area (Å²) in [6, 6.07) is 5.03. The first-order valence-corrected chi connectivity index (χ1v) is 9.68. The highest BCUT2D eigenvalue weighted by atomic mass is 16.2. The van der Waals surface area contributed by atoms with Crippen molar-refractivity contribution in [1.82, 2.24) is 15.5 Å². The quantitative estimate of drug-likeness (QED) is 0.740. The molecule has 3 aliphatic rings. The number of hydrogen-bond donors (Lipinski definition) is 2. The number of benzene rings is 1. The van der Waals surface area contributed by atoms with E-state index >= 15 is 0 Å². The smallest absolute Gasteiger partial charge is 0.262 e. The molecule has 0 aromatic heterocycles. The summed E-state index contributed by atoms with van der Waals surface area (Å²) in [4.78, 5) is 52.4. The van der Waals surface area contributed by atoms with Crippen molar-refractivity contribution in [2.24, 2.45) is 0 Å². The van der Waals surface area contributed by atoms with Crippen LogP contribution in [0.2, 0.25) is 0 Å². The minimum Gasteiger partial charge on any atom is -0.370 e. The van der Waals surface area contributed by atoms with Gasteiger partial charge in [0.2, 0.25) is 11.8 Å². The number of imide groups is 2. The van der Waals surface area contributed by atoms with Gasteiger partial charge in [-0.1, -0.05) is 0 Å². The molecule has 1 saturated carbocycles. The second-order valence-electron chi connectivity index (χ2n) is 7.68. The van der Waals surface area contributed by atoms with E-state index in [4.69, 9.17) is 0 Å². The van der Waals surface area contributed by atoms with Gasteiger partial charge in [-0.05, 0) is 50.9 Å². The van der Waals surface area contributed by atoms with E-state index in [1.165, 1.54) is 0 Å². The Balaban J connectivity index is 1.61. The number of nitrogens with zero attached hydrogens (tertiary/aromatic N) is 2. The lowest BCUT2D eigenvalue weighted by molar-refractivity contribution is -0.136. The molecule has 3 atom stereocenters. The molecule has 8 heteroatoms. The highest BCUT2D eigenvalue weighted by Crippen LogP contribution is 2.33. The molecule has 2 aliphatic heterocycles. The molecule has 148 valence electrons. The van der Waals surface area contributed by atoms with Gasteiger partial charge in [-0.25, -0.2) is 0 Å². The fourth-order valence-corrected chi connectivity index (χ4v) is 4.61. The summed E-state index contributed by atoms with van der Waals surface area (Å²) in [6.45, 7) is 0. The van der Waals surface area contributed by atoms with Crippen LogP contribution in [0.15, 0.2) is 18.2 Å². The normalized spacial score (nSPS) is 27.2. The van der Waals surface area contributed by atoms with Gasteiger partial charge in [0.15, 0.2) is 0 Å². The van der Waals surface area contributed by atoms with E-state index in [0.29, 0.717) is 23.2 Å². The van der Waals surface area contributed by atoms with Crippen LogP contribution in [0.5, 0.6) is 0 Å². The van der Waals surface area contributed by atoms with Gasteiger partial charge in [-0.15, -0.1) is 0 Å². The minimum absolute atomic E-state index is 0.116. The fraction of sp³-hybridized carbons (Fsp3) is 0.500. The molecule has 4 amide bonds. The topological polar surface area (TPSA) is 98.8 Å². The Bertz CT molecular complexity index is 868. The molecule has 2 N–H and O–H groups in total. The van der Waals surface area contributed by atoms with Gasteiger partial charge >= 0.3 is 0 Å². The first kappa shape index (κ1) is 18.6. The largest absolute Gasteiger partial charge is 0.370 e. The van der Waals surface area contributed by atoms with Crippen LogP contribution in [0.3, 0.4) is 0 Å². The fourth-order valence-electron chi connectivity index (χ4n) is 4.61. The van der Waals surface area contributed by atoms with Crippen molar-refractivity contribution in [2.45, 2.75) is 50.2 Å². The number of nitrogens with one attached hydrogen (secondary N) is 2. The van der Waals surface area contributed by atoms with Crippen molar-refractivity contribution in [2.75, 3.05) is 19.0 Å². The van der Waals surface area contributed by atoms with E-state index in [1.54, 1.807) is 12.1 Å². The second kappa shape index (κ2) is 7.01. The first-order valence-electron chi connectivity index (χ1n) is 9.68. The van der Waals surface area contributed by atoms with E-state index in [-0.39, 0.29) is 18.7 Å². The Kier molecular flexibility index (Phi) is 4.66.